The first-order chi connectivity index (χ1) is 21.0. The predicted molar refractivity (Wildman–Crippen MR) is 163 cm³/mol. The number of hydrogen-bond donors (Lipinski definition) is 2. The van der Waals surface area contributed by atoms with Gasteiger partial charge in [0, 0.05) is 5.56 Å². The van der Waals surface area contributed by atoms with Gasteiger partial charge in [0.15, 0.2) is 11.5 Å². The highest BCUT2D eigenvalue weighted by Crippen LogP contribution is 2.42. The summed E-state index contributed by atoms with van der Waals surface area (Å²) in [5.74, 6) is 1.33. The molecule has 0 aliphatic carbocycles. The quantitative estimate of drug-likeness (QED) is 0.0921. The standard InChI is InChI=1S/C33H29N3O7/c1-39-23-13-11-22(12-14-23)33(38)43-24-15-10-20(18-27(24)42-4)19-34-36-32(37)31-28(21-8-6-5-7-9-21)29-25(40-2)16-17-26(41-3)30(29)35-31/h5-19,35H,1-4H3,(H,36,37). The minimum absolute atomic E-state index is 0.234. The number of rotatable bonds is 10. The van der Waals surface area contributed by atoms with E-state index in [0.29, 0.717) is 56.3 Å². The number of fused-ring (bicyclic) bond motifs is 1. The van der Waals surface area contributed by atoms with Gasteiger partial charge in [-0.2, -0.15) is 5.10 Å². The summed E-state index contributed by atoms with van der Waals surface area (Å²) in [5, 5.41) is 4.87. The topological polar surface area (TPSA) is 120 Å². The summed E-state index contributed by atoms with van der Waals surface area (Å²) in [6.07, 6.45) is 1.46. The van der Waals surface area contributed by atoms with Crippen molar-refractivity contribution in [2.75, 3.05) is 28.4 Å². The van der Waals surface area contributed by atoms with E-state index in [1.165, 1.54) is 13.3 Å². The summed E-state index contributed by atoms with van der Waals surface area (Å²) in [6.45, 7) is 0. The monoisotopic (exact) mass is 579 g/mol. The Morgan fingerprint density at radius 1 is 0.744 bits per heavy atom. The van der Waals surface area contributed by atoms with E-state index >= 15 is 0 Å². The lowest BCUT2D eigenvalue weighted by molar-refractivity contribution is 0.0729. The van der Waals surface area contributed by atoms with Crippen LogP contribution in [0.4, 0.5) is 0 Å². The Balaban J connectivity index is 1.38. The molecule has 1 heterocycles. The molecule has 0 fully saturated rings. The lowest BCUT2D eigenvalue weighted by atomic mass is 10.0. The smallest absolute Gasteiger partial charge is 0.343 e. The molecule has 10 nitrogen and oxygen atoms in total. The second kappa shape index (κ2) is 12.8. The highest BCUT2D eigenvalue weighted by molar-refractivity contribution is 6.13. The van der Waals surface area contributed by atoms with Gasteiger partial charge in [-0.3, -0.25) is 4.79 Å². The van der Waals surface area contributed by atoms with Gasteiger partial charge in [-0.05, 0) is 65.7 Å². The van der Waals surface area contributed by atoms with Crippen LogP contribution in [-0.2, 0) is 0 Å². The number of aromatic amines is 1. The van der Waals surface area contributed by atoms with E-state index in [9.17, 15) is 9.59 Å². The predicted octanol–water partition coefficient (Wildman–Crippen LogP) is 5.85. The second-order valence-corrected chi connectivity index (χ2v) is 9.19. The van der Waals surface area contributed by atoms with Crippen LogP contribution < -0.4 is 29.1 Å². The van der Waals surface area contributed by atoms with Gasteiger partial charge in [-0.15, -0.1) is 0 Å². The molecular formula is C33H29N3O7. The molecule has 0 spiro atoms. The molecule has 5 rings (SSSR count). The van der Waals surface area contributed by atoms with Crippen LogP contribution in [0.1, 0.15) is 26.4 Å². The van der Waals surface area contributed by atoms with E-state index in [1.807, 2.05) is 30.3 Å². The zero-order valence-electron chi connectivity index (χ0n) is 24.0. The van der Waals surface area contributed by atoms with Gasteiger partial charge in [0.05, 0.1) is 51.1 Å². The zero-order valence-corrected chi connectivity index (χ0v) is 24.0. The van der Waals surface area contributed by atoms with Crippen molar-refractivity contribution in [1.29, 1.82) is 0 Å². The molecule has 1 amide bonds. The molecule has 0 aliphatic rings. The summed E-state index contributed by atoms with van der Waals surface area (Å²) in [5.41, 5.74) is 5.94. The van der Waals surface area contributed by atoms with Gasteiger partial charge >= 0.3 is 5.97 Å². The first kappa shape index (κ1) is 28.7. The molecule has 0 bridgehead atoms. The molecule has 0 aliphatic heterocycles. The molecule has 218 valence electrons. The number of hydrogen-bond acceptors (Lipinski definition) is 8. The minimum atomic E-state index is -0.546. The highest BCUT2D eigenvalue weighted by atomic mass is 16.6. The highest BCUT2D eigenvalue weighted by Gasteiger charge is 2.24. The van der Waals surface area contributed by atoms with Crippen molar-refractivity contribution >= 4 is 29.0 Å². The second-order valence-electron chi connectivity index (χ2n) is 9.19. The van der Waals surface area contributed by atoms with Crippen LogP contribution >= 0.6 is 0 Å². The van der Waals surface area contributed by atoms with E-state index in [-0.39, 0.29) is 5.75 Å². The molecule has 4 aromatic carbocycles. The lowest BCUT2D eigenvalue weighted by Gasteiger charge is -2.10. The van der Waals surface area contributed by atoms with Crippen molar-refractivity contribution in [3.05, 3.63) is 102 Å². The Bertz CT molecular complexity index is 1800. The number of carbonyl (C=O) groups is 2. The number of aromatic nitrogens is 1. The number of nitrogens with zero attached hydrogens (tertiary/aromatic N) is 1. The average Bonchev–Trinajstić information content (AvgIpc) is 3.46. The van der Waals surface area contributed by atoms with Crippen LogP contribution in [-0.4, -0.2) is 51.5 Å². The van der Waals surface area contributed by atoms with Crippen molar-refractivity contribution in [3.8, 4) is 39.9 Å². The van der Waals surface area contributed by atoms with Crippen LogP contribution in [0.5, 0.6) is 28.7 Å². The first-order valence-corrected chi connectivity index (χ1v) is 13.2. The van der Waals surface area contributed by atoms with Crippen LogP contribution in [0.15, 0.2) is 90.0 Å². The SMILES string of the molecule is COc1ccc(C(=O)Oc2ccc(C=NNC(=O)c3[nH]c4c(OC)ccc(OC)c4c3-c3ccccc3)cc2OC)cc1. The number of H-pyrrole nitrogens is 1. The van der Waals surface area contributed by atoms with Crippen molar-refractivity contribution in [3.63, 3.8) is 0 Å². The maximum absolute atomic E-state index is 13.4. The largest absolute Gasteiger partial charge is 0.497 e. The van der Waals surface area contributed by atoms with Crippen molar-refractivity contribution in [2.45, 2.75) is 0 Å². The molecule has 1 aromatic heterocycles. The fraction of sp³-hybridized carbons (Fsp3) is 0.121. The summed E-state index contributed by atoms with van der Waals surface area (Å²) in [4.78, 5) is 29.3. The average molecular weight is 580 g/mol. The fourth-order valence-electron chi connectivity index (χ4n) is 4.61. The number of ether oxygens (including phenoxy) is 5. The molecule has 0 atom stereocenters. The van der Waals surface area contributed by atoms with Gasteiger partial charge in [0.1, 0.15) is 22.9 Å². The third-order valence-electron chi connectivity index (χ3n) is 6.70. The first-order valence-electron chi connectivity index (χ1n) is 13.2. The Kier molecular flexibility index (Phi) is 8.57. The number of benzene rings is 4. The molecule has 0 radical (unpaired) electrons. The maximum Gasteiger partial charge on any atom is 0.343 e. The summed E-state index contributed by atoms with van der Waals surface area (Å²) < 4.78 is 27.2. The number of nitrogens with one attached hydrogen (secondary N) is 2. The Labute approximate surface area is 247 Å². The van der Waals surface area contributed by atoms with Gasteiger partial charge in [0.2, 0.25) is 0 Å². The van der Waals surface area contributed by atoms with Crippen LogP contribution in [0.25, 0.3) is 22.0 Å². The molecule has 0 saturated carbocycles. The van der Waals surface area contributed by atoms with Gasteiger partial charge in [-0.1, -0.05) is 30.3 Å². The number of hydrazone groups is 1. The molecule has 0 saturated heterocycles. The number of esters is 1. The molecule has 10 heteroatoms. The van der Waals surface area contributed by atoms with Gasteiger partial charge < -0.3 is 28.7 Å². The summed E-state index contributed by atoms with van der Waals surface area (Å²) in [6, 6.07) is 24.6. The molecule has 43 heavy (non-hydrogen) atoms. The Morgan fingerprint density at radius 2 is 1.42 bits per heavy atom. The van der Waals surface area contributed by atoms with E-state index in [0.717, 1.165) is 5.56 Å². The number of methoxy groups -OCH3 is 4. The van der Waals surface area contributed by atoms with Gasteiger partial charge in [0.25, 0.3) is 5.91 Å². The molecule has 5 aromatic rings. The fourth-order valence-corrected chi connectivity index (χ4v) is 4.61. The van der Waals surface area contributed by atoms with E-state index in [4.69, 9.17) is 23.7 Å². The van der Waals surface area contributed by atoms with E-state index in [2.05, 4.69) is 15.5 Å². The molecule has 0 unspecified atom stereocenters. The molecular weight excluding hydrogens is 550 g/mol. The maximum atomic E-state index is 13.4. The van der Waals surface area contributed by atoms with Gasteiger partial charge in [-0.25, -0.2) is 10.2 Å². The third-order valence-corrected chi connectivity index (χ3v) is 6.70. The lowest BCUT2D eigenvalue weighted by Crippen LogP contribution is -2.19. The molecule has 2 N–H and O–H groups in total. The summed E-state index contributed by atoms with van der Waals surface area (Å²) in [7, 11) is 6.15. The van der Waals surface area contributed by atoms with Crippen molar-refractivity contribution < 1.29 is 33.3 Å². The Hall–Kier alpha value is -5.77. The Morgan fingerprint density at radius 3 is 2.09 bits per heavy atom. The van der Waals surface area contributed by atoms with Crippen molar-refractivity contribution in [1.82, 2.24) is 10.4 Å². The third kappa shape index (κ3) is 5.98. The van der Waals surface area contributed by atoms with Crippen LogP contribution in [0.3, 0.4) is 0 Å². The normalized spacial score (nSPS) is 10.9. The van der Waals surface area contributed by atoms with E-state index in [1.54, 1.807) is 75.9 Å². The van der Waals surface area contributed by atoms with Crippen LogP contribution in [0, 0.1) is 0 Å². The van der Waals surface area contributed by atoms with E-state index < -0.39 is 11.9 Å². The number of carbonyl (C=O) groups excluding carboxylic acids is 2. The zero-order chi connectivity index (χ0) is 30.3. The van der Waals surface area contributed by atoms with Crippen molar-refractivity contribution in [2.24, 2.45) is 5.10 Å². The number of amides is 1. The van der Waals surface area contributed by atoms with Crippen LogP contribution in [0.2, 0.25) is 0 Å². The summed E-state index contributed by atoms with van der Waals surface area (Å²) >= 11 is 0. The minimum Gasteiger partial charge on any atom is -0.497 e.